The summed E-state index contributed by atoms with van der Waals surface area (Å²) in [4.78, 5) is 2.38. The monoisotopic (exact) mass is 350 g/mol. The molecule has 1 aliphatic rings. The van der Waals surface area contributed by atoms with Crippen molar-refractivity contribution in [1.82, 2.24) is 4.90 Å². The van der Waals surface area contributed by atoms with Crippen molar-refractivity contribution in [2.75, 3.05) is 32.8 Å². The van der Waals surface area contributed by atoms with Gasteiger partial charge in [0.2, 0.25) is 0 Å². The number of rotatable bonds is 6. The molecule has 2 aromatic carbocycles. The van der Waals surface area contributed by atoms with Crippen molar-refractivity contribution < 1.29 is 9.13 Å². The molecule has 1 saturated heterocycles. The van der Waals surface area contributed by atoms with Crippen LogP contribution in [0.3, 0.4) is 0 Å². The van der Waals surface area contributed by atoms with Crippen LogP contribution in [0.4, 0.5) is 4.39 Å². The van der Waals surface area contributed by atoms with Crippen LogP contribution in [0.1, 0.15) is 11.5 Å². The summed E-state index contributed by atoms with van der Waals surface area (Å²) in [6.45, 7) is 4.07. The standard InChI is InChI=1S/C19H23FN2O.ClH/c20-17-7-4-8-18(11-17)23-10-9-22-13-16(12-21)19(14-22)15-5-2-1-3-6-15;/h1-8,11,16,19H,9-10,12-14,21H2;1H/t16-,19+;/m1./s1. The predicted octanol–water partition coefficient (Wildman–Crippen LogP) is 3.30. The van der Waals surface area contributed by atoms with Crippen LogP contribution < -0.4 is 10.5 Å². The zero-order valence-corrected chi connectivity index (χ0v) is 14.4. The fourth-order valence-electron chi connectivity index (χ4n) is 3.31. The average Bonchev–Trinajstić information content (AvgIpc) is 2.99. The molecule has 24 heavy (non-hydrogen) atoms. The van der Waals surface area contributed by atoms with Gasteiger partial charge in [0.1, 0.15) is 18.2 Å². The molecule has 0 saturated carbocycles. The molecular formula is C19H24ClFN2O. The normalized spacial score (nSPS) is 20.6. The van der Waals surface area contributed by atoms with Crippen molar-refractivity contribution in [3.8, 4) is 5.75 Å². The third-order valence-electron chi connectivity index (χ3n) is 4.52. The molecule has 3 nitrogen and oxygen atoms in total. The van der Waals surface area contributed by atoms with Crippen molar-refractivity contribution in [2.45, 2.75) is 5.92 Å². The molecule has 3 rings (SSSR count). The highest BCUT2D eigenvalue weighted by Gasteiger charge is 2.32. The SMILES string of the molecule is Cl.NC[C@@H]1CN(CCOc2cccc(F)c2)C[C@H]1c1ccccc1. The van der Waals surface area contributed by atoms with Gasteiger partial charge in [-0.2, -0.15) is 0 Å². The summed E-state index contributed by atoms with van der Waals surface area (Å²) >= 11 is 0. The maximum Gasteiger partial charge on any atom is 0.126 e. The second kappa shape index (κ2) is 9.02. The fourth-order valence-corrected chi connectivity index (χ4v) is 3.31. The molecule has 0 radical (unpaired) electrons. The van der Waals surface area contributed by atoms with E-state index in [0.717, 1.165) is 19.6 Å². The summed E-state index contributed by atoms with van der Waals surface area (Å²) in [5, 5.41) is 0. The van der Waals surface area contributed by atoms with Crippen molar-refractivity contribution in [3.63, 3.8) is 0 Å². The Bertz CT molecular complexity index is 626. The number of nitrogens with zero attached hydrogens (tertiary/aromatic N) is 1. The van der Waals surface area contributed by atoms with E-state index in [1.165, 1.54) is 17.7 Å². The van der Waals surface area contributed by atoms with Gasteiger partial charge in [0.25, 0.3) is 0 Å². The molecule has 2 N–H and O–H groups in total. The van der Waals surface area contributed by atoms with Crippen LogP contribution in [0.2, 0.25) is 0 Å². The van der Waals surface area contributed by atoms with Crippen molar-refractivity contribution >= 4 is 12.4 Å². The number of hydrogen-bond acceptors (Lipinski definition) is 3. The van der Waals surface area contributed by atoms with Gasteiger partial charge >= 0.3 is 0 Å². The molecule has 5 heteroatoms. The van der Waals surface area contributed by atoms with Gasteiger partial charge in [0, 0.05) is 31.6 Å². The summed E-state index contributed by atoms with van der Waals surface area (Å²) in [6, 6.07) is 16.8. The summed E-state index contributed by atoms with van der Waals surface area (Å²) in [5.41, 5.74) is 7.32. The molecule has 0 aliphatic carbocycles. The van der Waals surface area contributed by atoms with Gasteiger partial charge in [-0.1, -0.05) is 36.4 Å². The first-order valence-corrected chi connectivity index (χ1v) is 8.12. The number of hydrogen-bond donors (Lipinski definition) is 1. The molecular weight excluding hydrogens is 327 g/mol. The molecule has 0 amide bonds. The van der Waals surface area contributed by atoms with E-state index in [4.69, 9.17) is 10.5 Å². The zero-order chi connectivity index (χ0) is 16.1. The molecule has 0 spiro atoms. The average molecular weight is 351 g/mol. The molecule has 2 atom stereocenters. The van der Waals surface area contributed by atoms with Gasteiger partial charge in [-0.3, -0.25) is 4.90 Å². The Morgan fingerprint density at radius 1 is 1.08 bits per heavy atom. The summed E-state index contributed by atoms with van der Waals surface area (Å²) in [7, 11) is 0. The molecule has 0 unspecified atom stereocenters. The maximum atomic E-state index is 13.1. The summed E-state index contributed by atoms with van der Waals surface area (Å²) in [6.07, 6.45) is 0. The molecule has 0 bridgehead atoms. The Morgan fingerprint density at radius 2 is 1.88 bits per heavy atom. The van der Waals surface area contributed by atoms with Gasteiger partial charge in [-0.05, 0) is 30.2 Å². The molecule has 1 heterocycles. The molecule has 2 aromatic rings. The molecule has 1 aliphatic heterocycles. The smallest absolute Gasteiger partial charge is 0.126 e. The van der Waals surface area contributed by atoms with Crippen LogP contribution in [0.5, 0.6) is 5.75 Å². The number of likely N-dealkylation sites (tertiary alicyclic amines) is 1. The summed E-state index contributed by atoms with van der Waals surface area (Å²) < 4.78 is 18.8. The van der Waals surface area contributed by atoms with Crippen molar-refractivity contribution in [1.29, 1.82) is 0 Å². The Balaban J connectivity index is 0.00000208. The lowest BCUT2D eigenvalue weighted by Gasteiger charge is -2.17. The first kappa shape index (κ1) is 18.7. The van der Waals surface area contributed by atoms with E-state index in [0.29, 0.717) is 30.7 Å². The highest BCUT2D eigenvalue weighted by atomic mass is 35.5. The molecule has 1 fully saturated rings. The topological polar surface area (TPSA) is 38.5 Å². The Labute approximate surface area is 149 Å². The van der Waals surface area contributed by atoms with Crippen LogP contribution in [-0.4, -0.2) is 37.7 Å². The highest BCUT2D eigenvalue weighted by Crippen LogP contribution is 2.31. The van der Waals surface area contributed by atoms with Crippen LogP contribution in [-0.2, 0) is 0 Å². The number of nitrogens with two attached hydrogens (primary N) is 1. The van der Waals surface area contributed by atoms with E-state index < -0.39 is 0 Å². The molecule has 0 aromatic heterocycles. The lowest BCUT2D eigenvalue weighted by atomic mass is 9.89. The Kier molecular flexibility index (Phi) is 7.03. The van der Waals surface area contributed by atoms with Crippen LogP contribution in [0, 0.1) is 11.7 Å². The van der Waals surface area contributed by atoms with E-state index >= 15 is 0 Å². The number of benzene rings is 2. The molecule has 130 valence electrons. The van der Waals surface area contributed by atoms with E-state index in [2.05, 4.69) is 29.2 Å². The van der Waals surface area contributed by atoms with E-state index in [9.17, 15) is 4.39 Å². The highest BCUT2D eigenvalue weighted by molar-refractivity contribution is 5.85. The predicted molar refractivity (Wildman–Crippen MR) is 97.3 cm³/mol. The minimum absolute atomic E-state index is 0. The largest absolute Gasteiger partial charge is 0.492 e. The minimum atomic E-state index is -0.268. The third-order valence-corrected chi connectivity index (χ3v) is 4.52. The second-order valence-corrected chi connectivity index (χ2v) is 6.08. The minimum Gasteiger partial charge on any atom is -0.492 e. The fraction of sp³-hybridized carbons (Fsp3) is 0.368. The summed E-state index contributed by atoms with van der Waals surface area (Å²) in [5.74, 6) is 1.28. The van der Waals surface area contributed by atoms with Gasteiger partial charge in [-0.25, -0.2) is 4.39 Å². The third kappa shape index (κ3) is 4.69. The van der Waals surface area contributed by atoms with E-state index in [-0.39, 0.29) is 18.2 Å². The van der Waals surface area contributed by atoms with Gasteiger partial charge in [-0.15, -0.1) is 12.4 Å². The van der Waals surface area contributed by atoms with Crippen molar-refractivity contribution in [2.24, 2.45) is 11.7 Å². The van der Waals surface area contributed by atoms with E-state index in [1.807, 2.05) is 6.07 Å². The first-order valence-electron chi connectivity index (χ1n) is 8.12. The number of ether oxygens (including phenoxy) is 1. The van der Waals surface area contributed by atoms with Crippen LogP contribution >= 0.6 is 12.4 Å². The van der Waals surface area contributed by atoms with Crippen molar-refractivity contribution in [3.05, 3.63) is 66.0 Å². The quantitative estimate of drug-likeness (QED) is 0.868. The van der Waals surface area contributed by atoms with Crippen LogP contribution in [0.25, 0.3) is 0 Å². The lowest BCUT2D eigenvalue weighted by Crippen LogP contribution is -2.27. The Hall–Kier alpha value is -1.62. The van der Waals surface area contributed by atoms with Crippen LogP contribution in [0.15, 0.2) is 54.6 Å². The first-order chi connectivity index (χ1) is 11.3. The second-order valence-electron chi connectivity index (χ2n) is 6.08. The van der Waals surface area contributed by atoms with Gasteiger partial charge in [0.05, 0.1) is 0 Å². The Morgan fingerprint density at radius 3 is 2.58 bits per heavy atom. The lowest BCUT2D eigenvalue weighted by molar-refractivity contribution is 0.232. The van der Waals surface area contributed by atoms with E-state index in [1.54, 1.807) is 12.1 Å². The van der Waals surface area contributed by atoms with Gasteiger partial charge < -0.3 is 10.5 Å². The number of halogens is 2. The zero-order valence-electron chi connectivity index (χ0n) is 13.6. The van der Waals surface area contributed by atoms with Gasteiger partial charge in [0.15, 0.2) is 0 Å². The maximum absolute atomic E-state index is 13.1.